The molecule has 0 saturated carbocycles. The van der Waals surface area contributed by atoms with Crippen LogP contribution in [-0.4, -0.2) is 32.3 Å². The third-order valence-electron chi connectivity index (χ3n) is 5.43. The summed E-state index contributed by atoms with van der Waals surface area (Å²) < 4.78 is 8.99. The maximum atomic E-state index is 12.9. The number of amides is 1. The molecule has 0 saturated heterocycles. The number of methoxy groups -OCH3 is 1. The summed E-state index contributed by atoms with van der Waals surface area (Å²) in [5, 5.41) is 7.64. The van der Waals surface area contributed by atoms with Crippen molar-refractivity contribution in [3.63, 3.8) is 0 Å². The van der Waals surface area contributed by atoms with Crippen molar-refractivity contribution in [3.8, 4) is 11.7 Å². The summed E-state index contributed by atoms with van der Waals surface area (Å²) in [7, 11) is 1.60. The Hall–Kier alpha value is -4.39. The summed E-state index contributed by atoms with van der Waals surface area (Å²) in [6.45, 7) is 2.52. The van der Waals surface area contributed by atoms with Gasteiger partial charge in [-0.15, -0.1) is 0 Å². The molecule has 164 valence electrons. The van der Waals surface area contributed by atoms with Gasteiger partial charge in [-0.3, -0.25) is 4.79 Å². The fraction of sp³-hybridized carbons (Fsp3) is 0.115. The molecule has 2 aromatic heterocycles. The molecule has 33 heavy (non-hydrogen) atoms. The van der Waals surface area contributed by atoms with Crippen LogP contribution < -0.4 is 10.1 Å². The Morgan fingerprint density at radius 2 is 1.70 bits per heavy atom. The maximum absolute atomic E-state index is 12.9. The van der Waals surface area contributed by atoms with Crippen molar-refractivity contribution in [1.82, 2.24) is 19.3 Å². The Morgan fingerprint density at radius 1 is 0.970 bits per heavy atom. The van der Waals surface area contributed by atoms with Gasteiger partial charge in [-0.05, 0) is 48.9 Å². The molecule has 0 spiro atoms. The van der Waals surface area contributed by atoms with Crippen molar-refractivity contribution < 1.29 is 9.53 Å². The lowest BCUT2D eigenvalue weighted by Gasteiger charge is -2.12. The number of carbonyl (C=O) groups excluding carboxylic acids is 1. The van der Waals surface area contributed by atoms with Crippen molar-refractivity contribution in [3.05, 3.63) is 102 Å². The lowest BCUT2D eigenvalue weighted by molar-refractivity contribution is 0.102. The average Bonchev–Trinajstić information content (AvgIpc) is 3.39. The number of nitrogens with one attached hydrogen (secondary N) is 1. The summed E-state index contributed by atoms with van der Waals surface area (Å²) in [5.41, 5.74) is 4.31. The fourth-order valence-corrected chi connectivity index (χ4v) is 3.82. The largest absolute Gasteiger partial charge is 0.497 e. The molecule has 1 amide bonds. The smallest absolute Gasteiger partial charge is 0.256 e. The summed E-state index contributed by atoms with van der Waals surface area (Å²) in [6, 6.07) is 27.0. The highest BCUT2D eigenvalue weighted by atomic mass is 16.5. The summed E-state index contributed by atoms with van der Waals surface area (Å²) in [6.07, 6.45) is 0. The van der Waals surface area contributed by atoms with E-state index in [4.69, 9.17) is 9.72 Å². The minimum atomic E-state index is -0.232. The predicted molar refractivity (Wildman–Crippen MR) is 128 cm³/mol. The molecule has 5 rings (SSSR count). The number of nitrogens with zero attached hydrogens (tertiary/aromatic N) is 4. The van der Waals surface area contributed by atoms with Crippen LogP contribution in [0.1, 0.15) is 21.6 Å². The van der Waals surface area contributed by atoms with Crippen LogP contribution in [0.5, 0.6) is 5.75 Å². The standard InChI is InChI=1S/C26H23N5O2/c1-18-16-24(28-25(32)20-12-14-21(33-2)15-13-20)31(29-18)26-27-22-10-6-7-11-23(22)30(26)17-19-8-4-3-5-9-19/h3-16H,17H2,1-2H3,(H,28,32). The molecule has 0 fully saturated rings. The van der Waals surface area contributed by atoms with Gasteiger partial charge in [0.2, 0.25) is 5.95 Å². The second kappa shape index (κ2) is 8.63. The molecule has 0 aliphatic heterocycles. The first kappa shape index (κ1) is 20.5. The van der Waals surface area contributed by atoms with Gasteiger partial charge in [0, 0.05) is 11.6 Å². The second-order valence-corrected chi connectivity index (χ2v) is 7.74. The molecule has 0 unspecified atom stereocenters. The number of rotatable bonds is 6. The Balaban J connectivity index is 1.55. The van der Waals surface area contributed by atoms with E-state index in [-0.39, 0.29) is 5.91 Å². The van der Waals surface area contributed by atoms with Gasteiger partial charge < -0.3 is 14.6 Å². The number of aromatic nitrogens is 4. The Kier molecular flexibility index (Phi) is 5.36. The van der Waals surface area contributed by atoms with E-state index in [1.807, 2.05) is 55.5 Å². The number of hydrogen-bond acceptors (Lipinski definition) is 4. The zero-order valence-electron chi connectivity index (χ0n) is 18.4. The number of fused-ring (bicyclic) bond motifs is 1. The maximum Gasteiger partial charge on any atom is 0.256 e. The van der Waals surface area contributed by atoms with Crippen molar-refractivity contribution in [2.75, 3.05) is 12.4 Å². The van der Waals surface area contributed by atoms with Crippen LogP contribution in [-0.2, 0) is 6.54 Å². The molecule has 7 nitrogen and oxygen atoms in total. The van der Waals surface area contributed by atoms with Crippen LogP contribution in [0.25, 0.3) is 17.0 Å². The van der Waals surface area contributed by atoms with Gasteiger partial charge in [-0.25, -0.2) is 4.98 Å². The molecule has 0 bridgehead atoms. The van der Waals surface area contributed by atoms with E-state index < -0.39 is 0 Å². The topological polar surface area (TPSA) is 74.0 Å². The van der Waals surface area contributed by atoms with Crippen molar-refractivity contribution in [1.29, 1.82) is 0 Å². The minimum Gasteiger partial charge on any atom is -0.497 e. The van der Waals surface area contributed by atoms with Crippen LogP contribution in [0, 0.1) is 6.92 Å². The third kappa shape index (κ3) is 4.08. The first-order valence-corrected chi connectivity index (χ1v) is 10.6. The highest BCUT2D eigenvalue weighted by Gasteiger charge is 2.19. The van der Waals surface area contributed by atoms with Gasteiger partial charge in [-0.2, -0.15) is 9.78 Å². The highest BCUT2D eigenvalue weighted by Crippen LogP contribution is 2.24. The quantitative estimate of drug-likeness (QED) is 0.413. The van der Waals surface area contributed by atoms with Gasteiger partial charge in [0.25, 0.3) is 5.91 Å². The number of ether oxygens (including phenoxy) is 1. The van der Waals surface area contributed by atoms with Gasteiger partial charge in [-0.1, -0.05) is 42.5 Å². The number of anilines is 1. The molecule has 3 aromatic carbocycles. The molecule has 5 aromatic rings. The van der Waals surface area contributed by atoms with E-state index in [0.29, 0.717) is 29.6 Å². The molecule has 0 radical (unpaired) electrons. The molecule has 2 heterocycles. The van der Waals surface area contributed by atoms with E-state index in [1.165, 1.54) is 0 Å². The molecular formula is C26H23N5O2. The third-order valence-corrected chi connectivity index (χ3v) is 5.43. The zero-order chi connectivity index (χ0) is 22.8. The van der Waals surface area contributed by atoms with Crippen LogP contribution in [0.3, 0.4) is 0 Å². The van der Waals surface area contributed by atoms with E-state index in [1.54, 1.807) is 36.1 Å². The predicted octanol–water partition coefficient (Wildman–Crippen LogP) is 4.84. The first-order chi connectivity index (χ1) is 16.1. The van der Waals surface area contributed by atoms with Gasteiger partial charge in [0.1, 0.15) is 11.6 Å². The number of hydrogen-bond donors (Lipinski definition) is 1. The molecular weight excluding hydrogens is 414 g/mol. The summed E-state index contributed by atoms with van der Waals surface area (Å²) in [4.78, 5) is 17.8. The van der Waals surface area contributed by atoms with Crippen LogP contribution in [0.15, 0.2) is 84.9 Å². The molecule has 0 atom stereocenters. The fourth-order valence-electron chi connectivity index (χ4n) is 3.82. The summed E-state index contributed by atoms with van der Waals surface area (Å²) in [5.74, 6) is 1.66. The molecule has 7 heteroatoms. The zero-order valence-corrected chi connectivity index (χ0v) is 18.4. The number of benzene rings is 3. The van der Waals surface area contributed by atoms with E-state index in [9.17, 15) is 4.79 Å². The average molecular weight is 438 g/mol. The lowest BCUT2D eigenvalue weighted by atomic mass is 10.2. The van der Waals surface area contributed by atoms with Gasteiger partial charge in [0.15, 0.2) is 0 Å². The molecule has 0 aliphatic carbocycles. The number of aryl methyl sites for hydroxylation is 1. The van der Waals surface area contributed by atoms with E-state index in [2.05, 4.69) is 27.1 Å². The van der Waals surface area contributed by atoms with Gasteiger partial charge >= 0.3 is 0 Å². The first-order valence-electron chi connectivity index (χ1n) is 10.6. The molecule has 0 aliphatic rings. The van der Waals surface area contributed by atoms with Crippen LogP contribution in [0.2, 0.25) is 0 Å². The van der Waals surface area contributed by atoms with E-state index >= 15 is 0 Å². The van der Waals surface area contributed by atoms with Gasteiger partial charge in [0.05, 0.1) is 30.4 Å². The Bertz CT molecular complexity index is 1420. The number of imidazole rings is 1. The van der Waals surface area contributed by atoms with Crippen molar-refractivity contribution in [2.45, 2.75) is 13.5 Å². The minimum absolute atomic E-state index is 0.232. The monoisotopic (exact) mass is 437 g/mol. The number of para-hydroxylation sites is 2. The van der Waals surface area contributed by atoms with Crippen LogP contribution >= 0.6 is 0 Å². The van der Waals surface area contributed by atoms with Crippen molar-refractivity contribution in [2.24, 2.45) is 0 Å². The normalized spacial score (nSPS) is 11.0. The Morgan fingerprint density at radius 3 is 2.45 bits per heavy atom. The SMILES string of the molecule is COc1ccc(C(=O)Nc2cc(C)nn2-c2nc3ccccc3n2Cc2ccccc2)cc1. The highest BCUT2D eigenvalue weighted by molar-refractivity contribution is 6.04. The molecule has 1 N–H and O–H groups in total. The summed E-state index contributed by atoms with van der Waals surface area (Å²) >= 11 is 0. The lowest BCUT2D eigenvalue weighted by Crippen LogP contribution is -2.17. The van der Waals surface area contributed by atoms with Crippen molar-refractivity contribution >= 4 is 22.8 Å². The number of carbonyl (C=O) groups is 1. The second-order valence-electron chi connectivity index (χ2n) is 7.74. The Labute approximate surface area is 191 Å². The van der Waals surface area contributed by atoms with Crippen LogP contribution in [0.4, 0.5) is 5.82 Å². The van der Waals surface area contributed by atoms with E-state index in [0.717, 1.165) is 22.3 Å².